The number of H-pyrrole nitrogens is 1. The Hall–Kier alpha value is -4.54. The quantitative estimate of drug-likeness (QED) is 0.195. The molecule has 1 aromatic heterocycles. The zero-order valence-corrected chi connectivity index (χ0v) is 16.5. The number of aromatic amines is 1. The molecule has 0 unspecified atom stereocenters. The third-order valence-electron chi connectivity index (χ3n) is 4.02. The average molecular weight is 423 g/mol. The molecule has 3 aromatic rings. The standard InChI is InChI=1S/C20H17N5O6/c1-12-9-16(23-22-12)19(26)24-21-11-13-3-8-17(18(10-13)30-2)31-20(27)14-4-6-15(7-5-14)25(28)29/h3-11H,1-2H3,(H,22,23)(H,24,26)/b21-11+. The molecule has 2 aromatic carbocycles. The van der Waals surface area contributed by atoms with Crippen LogP contribution >= 0.6 is 0 Å². The van der Waals surface area contributed by atoms with Gasteiger partial charge in [0.1, 0.15) is 0 Å². The number of aromatic nitrogens is 2. The highest BCUT2D eigenvalue weighted by molar-refractivity contribution is 5.93. The summed E-state index contributed by atoms with van der Waals surface area (Å²) in [6.45, 7) is 1.77. The molecule has 0 aliphatic rings. The van der Waals surface area contributed by atoms with Crippen LogP contribution in [0.25, 0.3) is 0 Å². The van der Waals surface area contributed by atoms with Crippen LogP contribution in [0, 0.1) is 17.0 Å². The van der Waals surface area contributed by atoms with Crippen LogP contribution in [0.4, 0.5) is 5.69 Å². The van der Waals surface area contributed by atoms with Gasteiger partial charge in [0.05, 0.1) is 23.8 Å². The van der Waals surface area contributed by atoms with Crippen LogP contribution in [-0.4, -0.2) is 40.3 Å². The molecule has 11 nitrogen and oxygen atoms in total. The first kappa shape index (κ1) is 21.2. The summed E-state index contributed by atoms with van der Waals surface area (Å²) in [5, 5.41) is 21.1. The number of non-ortho nitro benzene ring substituents is 1. The summed E-state index contributed by atoms with van der Waals surface area (Å²) in [6, 6.07) is 11.3. The van der Waals surface area contributed by atoms with Gasteiger partial charge in [-0.25, -0.2) is 10.2 Å². The van der Waals surface area contributed by atoms with Crippen LogP contribution in [0.15, 0.2) is 53.6 Å². The van der Waals surface area contributed by atoms with Gasteiger partial charge in [0, 0.05) is 17.8 Å². The number of esters is 1. The molecule has 1 amide bonds. The maximum atomic E-state index is 12.3. The average Bonchev–Trinajstić information content (AvgIpc) is 3.21. The van der Waals surface area contributed by atoms with E-state index in [9.17, 15) is 19.7 Å². The Morgan fingerprint density at radius 2 is 1.90 bits per heavy atom. The molecule has 2 N–H and O–H groups in total. The normalized spacial score (nSPS) is 10.6. The second-order valence-corrected chi connectivity index (χ2v) is 6.24. The summed E-state index contributed by atoms with van der Waals surface area (Å²) in [5.41, 5.74) is 3.90. The van der Waals surface area contributed by atoms with Crippen molar-refractivity contribution in [1.29, 1.82) is 0 Å². The van der Waals surface area contributed by atoms with Gasteiger partial charge >= 0.3 is 5.97 Å². The number of hydrogen-bond donors (Lipinski definition) is 2. The lowest BCUT2D eigenvalue weighted by Crippen LogP contribution is -2.18. The SMILES string of the molecule is COc1cc(/C=N/NC(=O)c2cc(C)[nH]n2)ccc1OC(=O)c1ccc([N+](=O)[O-])cc1. The molecule has 0 atom stereocenters. The zero-order chi connectivity index (χ0) is 22.4. The molecule has 0 radical (unpaired) electrons. The van der Waals surface area contributed by atoms with E-state index in [1.165, 1.54) is 43.7 Å². The Labute approximate surface area is 175 Å². The van der Waals surface area contributed by atoms with E-state index in [4.69, 9.17) is 9.47 Å². The van der Waals surface area contributed by atoms with E-state index < -0.39 is 16.8 Å². The number of ether oxygens (including phenoxy) is 2. The maximum absolute atomic E-state index is 12.3. The van der Waals surface area contributed by atoms with Gasteiger partial charge in [-0.3, -0.25) is 20.0 Å². The summed E-state index contributed by atoms with van der Waals surface area (Å²) in [4.78, 5) is 34.4. The van der Waals surface area contributed by atoms with E-state index in [2.05, 4.69) is 20.7 Å². The molecule has 0 fully saturated rings. The van der Waals surface area contributed by atoms with E-state index in [-0.39, 0.29) is 28.4 Å². The summed E-state index contributed by atoms with van der Waals surface area (Å²) in [6.07, 6.45) is 1.39. The highest BCUT2D eigenvalue weighted by atomic mass is 16.6. The lowest BCUT2D eigenvalue weighted by molar-refractivity contribution is -0.384. The van der Waals surface area contributed by atoms with Gasteiger partial charge in [-0.2, -0.15) is 10.2 Å². The number of aryl methyl sites for hydroxylation is 1. The highest BCUT2D eigenvalue weighted by Gasteiger charge is 2.14. The topological polar surface area (TPSA) is 149 Å². The van der Waals surface area contributed by atoms with Crippen molar-refractivity contribution in [2.24, 2.45) is 5.10 Å². The van der Waals surface area contributed by atoms with Gasteiger partial charge < -0.3 is 9.47 Å². The number of nitro benzene ring substituents is 1. The van der Waals surface area contributed by atoms with E-state index in [0.717, 1.165) is 5.69 Å². The third-order valence-corrected chi connectivity index (χ3v) is 4.02. The molecule has 0 aliphatic carbocycles. The number of hydrazone groups is 1. The van der Waals surface area contributed by atoms with E-state index in [1.54, 1.807) is 25.1 Å². The lowest BCUT2D eigenvalue weighted by atomic mass is 10.2. The number of amides is 1. The molecule has 158 valence electrons. The van der Waals surface area contributed by atoms with E-state index >= 15 is 0 Å². The molecule has 0 bridgehead atoms. The Kier molecular flexibility index (Phi) is 6.36. The largest absolute Gasteiger partial charge is 0.493 e. The molecule has 1 heterocycles. The smallest absolute Gasteiger partial charge is 0.343 e. The Morgan fingerprint density at radius 1 is 1.16 bits per heavy atom. The second-order valence-electron chi connectivity index (χ2n) is 6.24. The summed E-state index contributed by atoms with van der Waals surface area (Å²) < 4.78 is 10.6. The van der Waals surface area contributed by atoms with E-state index in [0.29, 0.717) is 5.56 Å². The van der Waals surface area contributed by atoms with Crippen molar-refractivity contribution in [2.75, 3.05) is 7.11 Å². The fourth-order valence-electron chi connectivity index (χ4n) is 2.48. The molecular formula is C20H17N5O6. The summed E-state index contributed by atoms with van der Waals surface area (Å²) in [7, 11) is 1.40. The Bertz CT molecular complexity index is 1150. The van der Waals surface area contributed by atoms with Crippen molar-refractivity contribution >= 4 is 23.8 Å². The molecule has 0 saturated heterocycles. The van der Waals surface area contributed by atoms with Gasteiger partial charge in [0.2, 0.25) is 0 Å². The minimum Gasteiger partial charge on any atom is -0.493 e. The predicted molar refractivity (Wildman–Crippen MR) is 109 cm³/mol. The third kappa shape index (κ3) is 5.29. The molecule has 11 heteroatoms. The first-order chi connectivity index (χ1) is 14.9. The molecule has 0 aliphatic heterocycles. The van der Waals surface area contributed by atoms with Crippen molar-refractivity contribution in [2.45, 2.75) is 6.92 Å². The fraction of sp³-hybridized carbons (Fsp3) is 0.100. The van der Waals surface area contributed by atoms with Crippen molar-refractivity contribution in [3.63, 3.8) is 0 Å². The van der Waals surface area contributed by atoms with Crippen LogP contribution in [0.3, 0.4) is 0 Å². The maximum Gasteiger partial charge on any atom is 0.343 e. The first-order valence-electron chi connectivity index (χ1n) is 8.87. The van der Waals surface area contributed by atoms with Crippen molar-refractivity contribution < 1.29 is 24.0 Å². The molecule has 0 saturated carbocycles. The van der Waals surface area contributed by atoms with Gasteiger partial charge in [-0.1, -0.05) is 0 Å². The number of nitrogens with one attached hydrogen (secondary N) is 2. The Balaban J connectivity index is 1.67. The second kappa shape index (κ2) is 9.31. The van der Waals surface area contributed by atoms with Crippen molar-refractivity contribution in [3.05, 3.63) is 81.2 Å². The van der Waals surface area contributed by atoms with Crippen LogP contribution in [-0.2, 0) is 0 Å². The number of benzene rings is 2. The fourth-order valence-corrected chi connectivity index (χ4v) is 2.48. The monoisotopic (exact) mass is 423 g/mol. The van der Waals surface area contributed by atoms with Crippen molar-refractivity contribution in [3.8, 4) is 11.5 Å². The number of carbonyl (C=O) groups excluding carboxylic acids is 2. The van der Waals surface area contributed by atoms with Crippen molar-refractivity contribution in [1.82, 2.24) is 15.6 Å². The van der Waals surface area contributed by atoms with Crippen LogP contribution < -0.4 is 14.9 Å². The first-order valence-corrected chi connectivity index (χ1v) is 8.87. The Morgan fingerprint density at radius 3 is 2.52 bits per heavy atom. The molecule has 31 heavy (non-hydrogen) atoms. The number of methoxy groups -OCH3 is 1. The molecular weight excluding hydrogens is 406 g/mol. The number of rotatable bonds is 7. The molecule has 0 spiro atoms. The van der Waals surface area contributed by atoms with E-state index in [1.807, 2.05) is 0 Å². The number of hydrogen-bond acceptors (Lipinski definition) is 8. The summed E-state index contributed by atoms with van der Waals surface area (Å²) in [5.74, 6) is -0.759. The zero-order valence-electron chi connectivity index (χ0n) is 16.5. The number of nitrogens with zero attached hydrogens (tertiary/aromatic N) is 3. The highest BCUT2D eigenvalue weighted by Crippen LogP contribution is 2.28. The number of nitro groups is 1. The lowest BCUT2D eigenvalue weighted by Gasteiger charge is -2.10. The van der Waals surface area contributed by atoms with Crippen LogP contribution in [0.2, 0.25) is 0 Å². The van der Waals surface area contributed by atoms with Gasteiger partial charge in [-0.05, 0) is 48.9 Å². The minimum absolute atomic E-state index is 0.132. The van der Waals surface area contributed by atoms with Gasteiger partial charge in [0.25, 0.3) is 11.6 Å². The van der Waals surface area contributed by atoms with Gasteiger partial charge in [-0.15, -0.1) is 0 Å². The minimum atomic E-state index is -0.698. The van der Waals surface area contributed by atoms with Crippen LogP contribution in [0.5, 0.6) is 11.5 Å². The predicted octanol–water partition coefficient (Wildman–Crippen LogP) is 2.62. The van der Waals surface area contributed by atoms with Gasteiger partial charge in [0.15, 0.2) is 17.2 Å². The molecule has 3 rings (SSSR count). The summed E-state index contributed by atoms with van der Waals surface area (Å²) >= 11 is 0. The van der Waals surface area contributed by atoms with Crippen LogP contribution in [0.1, 0.15) is 32.1 Å². The number of carbonyl (C=O) groups is 2.